The van der Waals surface area contributed by atoms with Gasteiger partial charge in [-0.3, -0.25) is 9.59 Å². The third-order valence-electron chi connectivity index (χ3n) is 5.73. The molecule has 2 heterocycles. The Kier molecular flexibility index (Phi) is 8.39. The molecule has 1 saturated heterocycles. The average Bonchev–Trinajstić information content (AvgIpc) is 2.89. The minimum atomic E-state index is -4.64. The fraction of sp³-hybridized carbons (Fsp3) is 0.222. The molecular formula is C27H21ClF3N3O4S. The van der Waals surface area contributed by atoms with Gasteiger partial charge < -0.3 is 10.5 Å². The number of amides is 1. The van der Waals surface area contributed by atoms with E-state index >= 15 is 0 Å². The molecule has 4 rings (SSSR count). The van der Waals surface area contributed by atoms with Crippen molar-refractivity contribution in [1.82, 2.24) is 4.98 Å². The number of ether oxygens (including phenoxy) is 1. The highest BCUT2D eigenvalue weighted by atomic mass is 35.5. The second kappa shape index (κ2) is 11.6. The fourth-order valence-electron chi connectivity index (χ4n) is 3.67. The summed E-state index contributed by atoms with van der Waals surface area (Å²) in [7, 11) is -2.70. The Morgan fingerprint density at radius 1 is 1.08 bits per heavy atom. The standard InChI is InChI=1S/C27H21ClF3N3O4S/c28-23-7-5-18(13-22(23)27(29,30)31)14-24(35)19-3-1-2-17(12-19)4-6-20-15-21(16-33-25(20)32)26(36)34-39(37)10-8-38-9-11-39/h1-3,5,7,12-13,15-16H,8-11,14H2,(H2,32,33). The summed E-state index contributed by atoms with van der Waals surface area (Å²) in [5, 5.41) is -0.443. The number of Topliss-reactive ketones (excluding diaryl/α,β-unsaturated/α-hetero) is 1. The van der Waals surface area contributed by atoms with E-state index in [0.717, 1.165) is 12.1 Å². The van der Waals surface area contributed by atoms with Gasteiger partial charge in [-0.15, -0.1) is 0 Å². The van der Waals surface area contributed by atoms with Crippen LogP contribution in [0.2, 0.25) is 5.02 Å². The average molecular weight is 576 g/mol. The molecule has 12 heteroatoms. The first kappa shape index (κ1) is 28.3. The van der Waals surface area contributed by atoms with E-state index in [9.17, 15) is 27.0 Å². The molecule has 1 aliphatic rings. The Labute approximate surface area is 227 Å². The molecule has 1 fully saturated rings. The number of pyridine rings is 1. The molecule has 0 unspecified atom stereocenters. The number of hydrogen-bond donors (Lipinski definition) is 1. The first-order valence-corrected chi connectivity index (χ1v) is 13.8. The zero-order valence-electron chi connectivity index (χ0n) is 20.3. The van der Waals surface area contributed by atoms with Crippen molar-refractivity contribution in [3.05, 3.63) is 93.1 Å². The molecule has 39 heavy (non-hydrogen) atoms. The third kappa shape index (κ3) is 7.23. The fourth-order valence-corrected chi connectivity index (χ4v) is 5.44. The van der Waals surface area contributed by atoms with E-state index in [-0.39, 0.29) is 59.2 Å². The van der Waals surface area contributed by atoms with Gasteiger partial charge in [-0.25, -0.2) is 9.19 Å². The van der Waals surface area contributed by atoms with Crippen LogP contribution in [-0.2, 0) is 27.1 Å². The van der Waals surface area contributed by atoms with Gasteiger partial charge in [0.15, 0.2) is 5.78 Å². The lowest BCUT2D eigenvalue weighted by Crippen LogP contribution is -2.26. The van der Waals surface area contributed by atoms with Crippen molar-refractivity contribution >= 4 is 38.8 Å². The van der Waals surface area contributed by atoms with Crippen molar-refractivity contribution < 1.29 is 31.7 Å². The van der Waals surface area contributed by atoms with Crippen molar-refractivity contribution in [3.63, 3.8) is 0 Å². The number of carbonyl (C=O) groups is 2. The summed E-state index contributed by atoms with van der Waals surface area (Å²) in [4.78, 5) is 29.4. The highest BCUT2D eigenvalue weighted by molar-refractivity contribution is 7.94. The van der Waals surface area contributed by atoms with E-state index in [2.05, 4.69) is 21.2 Å². The summed E-state index contributed by atoms with van der Waals surface area (Å²) in [5.74, 6) is 4.96. The van der Waals surface area contributed by atoms with Crippen LogP contribution in [0.1, 0.15) is 43.0 Å². The highest BCUT2D eigenvalue weighted by Gasteiger charge is 2.33. The van der Waals surface area contributed by atoms with Crippen molar-refractivity contribution in [2.45, 2.75) is 12.6 Å². The van der Waals surface area contributed by atoms with Gasteiger partial charge in [0.1, 0.15) is 5.82 Å². The number of hydrogen-bond acceptors (Lipinski definition) is 6. The second-order valence-electron chi connectivity index (χ2n) is 8.59. The number of carbonyl (C=O) groups excluding carboxylic acids is 2. The molecule has 2 aromatic carbocycles. The van der Waals surface area contributed by atoms with Crippen molar-refractivity contribution in [3.8, 4) is 11.8 Å². The van der Waals surface area contributed by atoms with Crippen LogP contribution in [0.5, 0.6) is 0 Å². The summed E-state index contributed by atoms with van der Waals surface area (Å²) < 4.78 is 61.2. The topological polar surface area (TPSA) is 112 Å². The maximum Gasteiger partial charge on any atom is 0.417 e. The first-order chi connectivity index (χ1) is 18.4. The Bertz CT molecular complexity index is 1630. The van der Waals surface area contributed by atoms with Crippen LogP contribution in [-0.4, -0.2) is 45.6 Å². The summed E-state index contributed by atoms with van der Waals surface area (Å²) in [6, 6.07) is 11.0. The largest absolute Gasteiger partial charge is 0.417 e. The molecule has 202 valence electrons. The molecule has 1 aromatic heterocycles. The molecule has 0 radical (unpaired) electrons. The molecule has 0 atom stereocenters. The van der Waals surface area contributed by atoms with Gasteiger partial charge in [-0.2, -0.15) is 17.5 Å². The van der Waals surface area contributed by atoms with E-state index in [1.807, 2.05) is 0 Å². The monoisotopic (exact) mass is 575 g/mol. The van der Waals surface area contributed by atoms with E-state index < -0.39 is 38.2 Å². The Morgan fingerprint density at radius 3 is 2.54 bits per heavy atom. The number of nitrogens with two attached hydrogens (primary N) is 1. The van der Waals surface area contributed by atoms with Crippen molar-refractivity contribution in [1.29, 1.82) is 0 Å². The van der Waals surface area contributed by atoms with Crippen LogP contribution in [0.25, 0.3) is 0 Å². The molecular weight excluding hydrogens is 555 g/mol. The molecule has 0 bridgehead atoms. The van der Waals surface area contributed by atoms with Gasteiger partial charge in [-0.1, -0.05) is 41.6 Å². The van der Waals surface area contributed by atoms with Gasteiger partial charge in [0.25, 0.3) is 5.91 Å². The first-order valence-electron chi connectivity index (χ1n) is 11.5. The third-order valence-corrected chi connectivity index (χ3v) is 8.17. The van der Waals surface area contributed by atoms with Gasteiger partial charge in [-0.05, 0) is 35.9 Å². The molecule has 1 aliphatic heterocycles. The number of aromatic nitrogens is 1. The summed E-state index contributed by atoms with van der Waals surface area (Å²) in [6.45, 7) is 0.532. The molecule has 1 amide bonds. The van der Waals surface area contributed by atoms with Crippen LogP contribution in [0.15, 0.2) is 59.1 Å². The maximum atomic E-state index is 13.1. The highest BCUT2D eigenvalue weighted by Crippen LogP contribution is 2.35. The lowest BCUT2D eigenvalue weighted by molar-refractivity contribution is -0.137. The van der Waals surface area contributed by atoms with E-state index in [1.54, 1.807) is 12.1 Å². The number of ketones is 1. The second-order valence-corrected chi connectivity index (χ2v) is 11.5. The lowest BCUT2D eigenvalue weighted by Gasteiger charge is -2.15. The zero-order chi connectivity index (χ0) is 28.2. The van der Waals surface area contributed by atoms with Crippen LogP contribution in [0.4, 0.5) is 19.0 Å². The van der Waals surface area contributed by atoms with Crippen LogP contribution >= 0.6 is 11.6 Å². The van der Waals surface area contributed by atoms with Crippen LogP contribution < -0.4 is 5.73 Å². The van der Waals surface area contributed by atoms with Gasteiger partial charge in [0.2, 0.25) is 0 Å². The Balaban J connectivity index is 1.54. The molecule has 2 N–H and O–H groups in total. The van der Waals surface area contributed by atoms with Crippen LogP contribution in [0, 0.1) is 11.8 Å². The zero-order valence-corrected chi connectivity index (χ0v) is 21.8. The smallest absolute Gasteiger partial charge is 0.383 e. The Morgan fingerprint density at radius 2 is 1.82 bits per heavy atom. The minimum Gasteiger partial charge on any atom is -0.383 e. The van der Waals surface area contributed by atoms with Crippen molar-refractivity contribution in [2.75, 3.05) is 30.5 Å². The number of nitrogen functional groups attached to an aromatic ring is 1. The summed E-state index contributed by atoms with van der Waals surface area (Å²) in [5.41, 5.74) is 6.06. The van der Waals surface area contributed by atoms with Gasteiger partial charge >= 0.3 is 6.18 Å². The molecule has 0 aliphatic carbocycles. The van der Waals surface area contributed by atoms with Crippen molar-refractivity contribution in [2.24, 2.45) is 4.36 Å². The number of alkyl halides is 3. The maximum absolute atomic E-state index is 13.1. The van der Waals surface area contributed by atoms with E-state index in [0.29, 0.717) is 5.56 Å². The number of rotatable bonds is 4. The van der Waals surface area contributed by atoms with Gasteiger partial charge in [0.05, 0.1) is 56.2 Å². The van der Waals surface area contributed by atoms with E-state index in [1.165, 1.54) is 30.5 Å². The number of anilines is 1. The number of nitrogens with zero attached hydrogens (tertiary/aromatic N) is 2. The summed E-state index contributed by atoms with van der Waals surface area (Å²) in [6.07, 6.45) is -3.67. The molecule has 7 nitrogen and oxygen atoms in total. The quantitative estimate of drug-likeness (QED) is 0.353. The lowest BCUT2D eigenvalue weighted by atomic mass is 10.00. The number of halogens is 4. The van der Waals surface area contributed by atoms with E-state index in [4.69, 9.17) is 22.1 Å². The van der Waals surface area contributed by atoms with Crippen LogP contribution in [0.3, 0.4) is 0 Å². The number of benzene rings is 2. The summed E-state index contributed by atoms with van der Waals surface area (Å²) >= 11 is 5.65. The normalized spacial score (nSPS) is 14.7. The van der Waals surface area contributed by atoms with Gasteiger partial charge in [0, 0.05) is 23.7 Å². The molecule has 0 spiro atoms. The minimum absolute atomic E-state index is 0.0599. The predicted octanol–water partition coefficient (Wildman–Crippen LogP) is 4.80. The Hall–Kier alpha value is -3.72. The predicted molar refractivity (Wildman–Crippen MR) is 141 cm³/mol. The SMILES string of the molecule is Nc1ncc(C(=O)N=S2(=O)CCOCC2)cc1C#Cc1cccc(C(=O)Cc2ccc(Cl)c(C(F)(F)F)c2)c1. The molecule has 3 aromatic rings. The molecule has 0 saturated carbocycles.